The molecule has 106 valence electrons. The fraction of sp³-hybridized carbons (Fsp3) is 0.133. The molecule has 5 nitrogen and oxygen atoms in total. The second-order valence-electron chi connectivity index (χ2n) is 3.98. The first-order valence-electron chi connectivity index (χ1n) is 6.22. The van der Waals surface area contributed by atoms with Crippen molar-refractivity contribution in [3.8, 4) is 11.9 Å². The van der Waals surface area contributed by atoms with Gasteiger partial charge in [0.25, 0.3) is 0 Å². The largest absolute Gasteiger partial charge is 0.487 e. The van der Waals surface area contributed by atoms with Gasteiger partial charge < -0.3 is 4.74 Å². The lowest BCUT2D eigenvalue weighted by Gasteiger charge is -2.09. The van der Waals surface area contributed by atoms with E-state index in [0.717, 1.165) is 5.56 Å². The molecule has 0 fully saturated rings. The van der Waals surface area contributed by atoms with Crippen LogP contribution in [-0.4, -0.2) is 16.4 Å². The zero-order valence-corrected chi connectivity index (χ0v) is 12.3. The van der Waals surface area contributed by atoms with Crippen molar-refractivity contribution in [2.75, 3.05) is 6.26 Å². The number of pyridine rings is 1. The number of amidine groups is 1. The minimum atomic E-state index is 0.417. The second kappa shape index (κ2) is 7.92. The normalized spacial score (nSPS) is 10.8. The van der Waals surface area contributed by atoms with Crippen molar-refractivity contribution in [3.05, 3.63) is 54.4 Å². The number of nitrogens with zero attached hydrogens (tertiary/aromatic N) is 3. The lowest BCUT2D eigenvalue weighted by Crippen LogP contribution is -2.12. The minimum absolute atomic E-state index is 0.417. The van der Waals surface area contributed by atoms with Gasteiger partial charge in [0, 0.05) is 18.0 Å². The van der Waals surface area contributed by atoms with Gasteiger partial charge in [0.15, 0.2) is 11.4 Å². The molecule has 0 aliphatic carbocycles. The van der Waals surface area contributed by atoms with Gasteiger partial charge in [-0.3, -0.25) is 10.3 Å². The Hall–Kier alpha value is -2.52. The highest BCUT2D eigenvalue weighted by Gasteiger charge is 2.04. The lowest BCUT2D eigenvalue weighted by molar-refractivity contribution is 0.307. The van der Waals surface area contributed by atoms with E-state index in [1.807, 2.05) is 48.8 Å². The van der Waals surface area contributed by atoms with E-state index in [2.05, 4.69) is 15.3 Å². The molecule has 1 aromatic heterocycles. The summed E-state index contributed by atoms with van der Waals surface area (Å²) < 4.78 is 5.78. The molecule has 0 amide bonds. The van der Waals surface area contributed by atoms with Crippen molar-refractivity contribution in [1.82, 2.24) is 10.3 Å². The molecule has 2 rings (SSSR count). The van der Waals surface area contributed by atoms with E-state index >= 15 is 0 Å². The van der Waals surface area contributed by atoms with Gasteiger partial charge in [-0.15, -0.1) is 0 Å². The van der Waals surface area contributed by atoms with Crippen molar-refractivity contribution >= 4 is 22.6 Å². The first-order valence-corrected chi connectivity index (χ1v) is 7.44. The summed E-state index contributed by atoms with van der Waals surface area (Å²) in [6, 6.07) is 11.3. The lowest BCUT2D eigenvalue weighted by atomic mass is 10.3. The van der Waals surface area contributed by atoms with Gasteiger partial charge in [-0.05, 0) is 24.5 Å². The first kappa shape index (κ1) is 14.9. The smallest absolute Gasteiger partial charge is 0.183 e. The fourth-order valence-corrected chi connectivity index (χ4v) is 1.94. The van der Waals surface area contributed by atoms with Crippen LogP contribution in [0.3, 0.4) is 0 Å². The topological polar surface area (TPSA) is 70.3 Å². The average molecular weight is 298 g/mol. The van der Waals surface area contributed by atoms with E-state index in [1.54, 1.807) is 12.4 Å². The van der Waals surface area contributed by atoms with E-state index in [1.165, 1.54) is 11.8 Å². The third-order valence-corrected chi connectivity index (χ3v) is 3.14. The van der Waals surface area contributed by atoms with Crippen molar-refractivity contribution < 1.29 is 4.74 Å². The molecule has 0 aliphatic rings. The summed E-state index contributed by atoms with van der Waals surface area (Å²) in [7, 11) is 0. The SMILES string of the molecule is CSC(=Nc1ccccc1OCc1cccnc1)NC#N. The van der Waals surface area contributed by atoms with Crippen LogP contribution >= 0.6 is 11.8 Å². The number of benzene rings is 1. The number of nitrogens with one attached hydrogen (secondary N) is 1. The molecule has 21 heavy (non-hydrogen) atoms. The van der Waals surface area contributed by atoms with Gasteiger partial charge in [0.2, 0.25) is 0 Å². The molecule has 0 atom stereocenters. The van der Waals surface area contributed by atoms with Crippen LogP contribution in [0.15, 0.2) is 53.8 Å². The van der Waals surface area contributed by atoms with Gasteiger partial charge in [-0.2, -0.15) is 5.26 Å². The van der Waals surface area contributed by atoms with Crippen LogP contribution in [0.25, 0.3) is 0 Å². The van der Waals surface area contributed by atoms with Crippen molar-refractivity contribution in [1.29, 1.82) is 5.26 Å². The molecular weight excluding hydrogens is 284 g/mol. The Morgan fingerprint density at radius 1 is 1.38 bits per heavy atom. The Bertz CT molecular complexity index is 652. The molecule has 0 aliphatic heterocycles. The van der Waals surface area contributed by atoms with Crippen LogP contribution in [0, 0.1) is 11.5 Å². The Labute approximate surface area is 127 Å². The third kappa shape index (κ3) is 4.51. The summed E-state index contributed by atoms with van der Waals surface area (Å²) in [5.41, 5.74) is 1.66. The highest BCUT2D eigenvalue weighted by Crippen LogP contribution is 2.28. The maximum absolute atomic E-state index is 8.67. The molecule has 0 spiro atoms. The standard InChI is InChI=1S/C15H14N4OS/c1-21-15(18-11-16)19-13-6-2-3-7-14(13)20-10-12-5-4-8-17-9-12/h2-9H,10H2,1H3,(H,18,19). The zero-order valence-electron chi connectivity index (χ0n) is 11.5. The number of nitriles is 1. The number of aliphatic imine (C=N–C) groups is 1. The fourth-order valence-electron chi connectivity index (χ4n) is 1.60. The first-order chi connectivity index (χ1) is 10.3. The van der Waals surface area contributed by atoms with Crippen LogP contribution in [0.5, 0.6) is 5.75 Å². The van der Waals surface area contributed by atoms with Crippen molar-refractivity contribution in [2.24, 2.45) is 4.99 Å². The van der Waals surface area contributed by atoms with Crippen molar-refractivity contribution in [3.63, 3.8) is 0 Å². The molecule has 0 saturated heterocycles. The minimum Gasteiger partial charge on any atom is -0.487 e. The predicted molar refractivity (Wildman–Crippen MR) is 84.4 cm³/mol. The average Bonchev–Trinajstić information content (AvgIpc) is 2.54. The maximum Gasteiger partial charge on any atom is 0.183 e. The molecule has 0 bridgehead atoms. The summed E-state index contributed by atoms with van der Waals surface area (Å²) in [5, 5.41) is 11.7. The van der Waals surface area contributed by atoms with Crippen LogP contribution in [0.2, 0.25) is 0 Å². The van der Waals surface area contributed by atoms with Gasteiger partial charge in [-0.1, -0.05) is 30.0 Å². The number of rotatable bonds is 4. The number of para-hydroxylation sites is 2. The highest BCUT2D eigenvalue weighted by atomic mass is 32.2. The second-order valence-corrected chi connectivity index (χ2v) is 4.77. The number of aromatic nitrogens is 1. The summed E-state index contributed by atoms with van der Waals surface area (Å²) in [5.74, 6) is 0.660. The molecule has 2 aromatic rings. The molecule has 0 radical (unpaired) electrons. The van der Waals surface area contributed by atoms with Gasteiger partial charge in [0.1, 0.15) is 18.0 Å². The van der Waals surface area contributed by atoms with E-state index in [0.29, 0.717) is 23.2 Å². The highest BCUT2D eigenvalue weighted by molar-refractivity contribution is 8.13. The summed E-state index contributed by atoms with van der Waals surface area (Å²) >= 11 is 1.36. The molecule has 0 saturated carbocycles. The van der Waals surface area contributed by atoms with Crippen LogP contribution < -0.4 is 10.1 Å². The monoisotopic (exact) mass is 298 g/mol. The van der Waals surface area contributed by atoms with Crippen LogP contribution in [-0.2, 0) is 6.61 Å². The quantitative estimate of drug-likeness (QED) is 0.406. The summed E-state index contributed by atoms with van der Waals surface area (Å²) in [4.78, 5) is 8.43. The Balaban J connectivity index is 2.15. The third-order valence-electron chi connectivity index (χ3n) is 2.56. The number of ether oxygens (including phenoxy) is 1. The Morgan fingerprint density at radius 3 is 2.95 bits per heavy atom. The molecule has 6 heteroatoms. The number of thioether (sulfide) groups is 1. The van der Waals surface area contributed by atoms with Crippen molar-refractivity contribution in [2.45, 2.75) is 6.61 Å². The molecule has 1 aromatic carbocycles. The summed E-state index contributed by atoms with van der Waals surface area (Å²) in [6.45, 7) is 0.417. The van der Waals surface area contributed by atoms with Gasteiger partial charge >= 0.3 is 0 Å². The summed E-state index contributed by atoms with van der Waals surface area (Å²) in [6.07, 6.45) is 7.20. The molecule has 1 heterocycles. The predicted octanol–water partition coefficient (Wildman–Crippen LogP) is 3.08. The number of hydrogen-bond acceptors (Lipinski definition) is 5. The van der Waals surface area contributed by atoms with E-state index in [4.69, 9.17) is 10.00 Å². The van der Waals surface area contributed by atoms with Gasteiger partial charge in [-0.25, -0.2) is 4.99 Å². The van der Waals surface area contributed by atoms with E-state index in [9.17, 15) is 0 Å². The molecular formula is C15H14N4OS. The molecule has 0 unspecified atom stereocenters. The zero-order chi connectivity index (χ0) is 14.9. The molecule has 1 N–H and O–H groups in total. The van der Waals surface area contributed by atoms with Crippen LogP contribution in [0.1, 0.15) is 5.56 Å². The van der Waals surface area contributed by atoms with Gasteiger partial charge in [0.05, 0.1) is 0 Å². The number of hydrogen-bond donors (Lipinski definition) is 1. The maximum atomic E-state index is 8.67. The Kier molecular flexibility index (Phi) is 5.61. The van der Waals surface area contributed by atoms with Crippen LogP contribution in [0.4, 0.5) is 5.69 Å². The Morgan fingerprint density at radius 2 is 2.24 bits per heavy atom. The van der Waals surface area contributed by atoms with E-state index in [-0.39, 0.29) is 0 Å². The van der Waals surface area contributed by atoms with E-state index < -0.39 is 0 Å².